The minimum absolute atomic E-state index is 0.0658. The average Bonchev–Trinajstić information content (AvgIpc) is 3.04. The summed E-state index contributed by atoms with van der Waals surface area (Å²) in [6, 6.07) is 10.0. The maximum absolute atomic E-state index is 12.0. The summed E-state index contributed by atoms with van der Waals surface area (Å²) < 4.78 is 24.0. The molecule has 2 aromatic carbocycles. The molecule has 7 nitrogen and oxygen atoms in total. The fourth-order valence-electron chi connectivity index (χ4n) is 3.19. The predicted molar refractivity (Wildman–Crippen MR) is 106 cm³/mol. The van der Waals surface area contributed by atoms with E-state index in [1.54, 1.807) is 0 Å². The minimum Gasteiger partial charge on any atom is -0.384 e. The topological polar surface area (TPSA) is 105 Å². The number of aromatic amines is 1. The van der Waals surface area contributed by atoms with Crippen LogP contribution in [0, 0.1) is 10.1 Å². The van der Waals surface area contributed by atoms with Crippen molar-refractivity contribution in [1.29, 1.82) is 0 Å². The van der Waals surface area contributed by atoms with Crippen LogP contribution in [-0.4, -0.2) is 31.1 Å². The van der Waals surface area contributed by atoms with Crippen LogP contribution >= 0.6 is 0 Å². The maximum atomic E-state index is 12.0. The van der Waals surface area contributed by atoms with Gasteiger partial charge < -0.3 is 10.3 Å². The number of para-hydroxylation sites is 1. The van der Waals surface area contributed by atoms with E-state index >= 15 is 0 Å². The second-order valence-corrected chi connectivity index (χ2v) is 8.38. The Labute approximate surface area is 157 Å². The van der Waals surface area contributed by atoms with E-state index in [2.05, 4.69) is 29.4 Å². The highest BCUT2D eigenvalue weighted by Gasteiger charge is 2.18. The number of nitrogens with one attached hydrogen (secondary N) is 2. The van der Waals surface area contributed by atoms with Gasteiger partial charge in [0.1, 0.15) is 0 Å². The summed E-state index contributed by atoms with van der Waals surface area (Å²) in [7, 11) is -3.59. The standard InChI is InChI=1S/C19H21N3O4S/c1-3-13-5-4-6-16-14(12-21-19(13)16)9-10-20-17-8-7-15(22(23)24)11-18(17)27(2,25)26/h4-8,11-12,20-21H,3,9-10H2,1-2H3. The largest absolute Gasteiger partial charge is 0.384 e. The number of aryl methyl sites for hydroxylation is 1. The fraction of sp³-hybridized carbons (Fsp3) is 0.263. The van der Waals surface area contributed by atoms with Crippen LogP contribution in [0.2, 0.25) is 0 Å². The maximum Gasteiger partial charge on any atom is 0.270 e. The van der Waals surface area contributed by atoms with Crippen LogP contribution in [-0.2, 0) is 22.7 Å². The minimum atomic E-state index is -3.59. The lowest BCUT2D eigenvalue weighted by atomic mass is 10.1. The van der Waals surface area contributed by atoms with Gasteiger partial charge in [0.25, 0.3) is 5.69 Å². The number of non-ortho nitro benzene ring substituents is 1. The monoisotopic (exact) mass is 387 g/mol. The number of nitro benzene ring substituents is 1. The molecular weight excluding hydrogens is 366 g/mol. The Bertz CT molecular complexity index is 1100. The number of aromatic nitrogens is 1. The zero-order valence-electron chi connectivity index (χ0n) is 15.2. The van der Waals surface area contributed by atoms with Gasteiger partial charge in [-0.05, 0) is 30.0 Å². The third-order valence-electron chi connectivity index (χ3n) is 4.55. The number of nitro groups is 1. The van der Waals surface area contributed by atoms with E-state index in [9.17, 15) is 18.5 Å². The van der Waals surface area contributed by atoms with E-state index in [4.69, 9.17) is 0 Å². The molecule has 27 heavy (non-hydrogen) atoms. The van der Waals surface area contributed by atoms with Crippen molar-refractivity contribution in [2.24, 2.45) is 0 Å². The van der Waals surface area contributed by atoms with Gasteiger partial charge in [0, 0.05) is 42.0 Å². The molecule has 3 rings (SSSR count). The van der Waals surface area contributed by atoms with Gasteiger partial charge in [0.05, 0.1) is 15.5 Å². The smallest absolute Gasteiger partial charge is 0.270 e. The van der Waals surface area contributed by atoms with Gasteiger partial charge in [-0.1, -0.05) is 25.1 Å². The van der Waals surface area contributed by atoms with Crippen LogP contribution in [0.15, 0.2) is 47.5 Å². The number of hydrogen-bond acceptors (Lipinski definition) is 5. The van der Waals surface area contributed by atoms with Crippen LogP contribution in [0.5, 0.6) is 0 Å². The van der Waals surface area contributed by atoms with Crippen LogP contribution in [0.3, 0.4) is 0 Å². The first-order valence-corrected chi connectivity index (χ1v) is 10.5. The number of H-pyrrole nitrogens is 1. The molecule has 142 valence electrons. The Morgan fingerprint density at radius 3 is 2.63 bits per heavy atom. The molecule has 0 radical (unpaired) electrons. The van der Waals surface area contributed by atoms with Gasteiger partial charge in [0.15, 0.2) is 9.84 Å². The molecule has 2 N–H and O–H groups in total. The lowest BCUT2D eigenvalue weighted by molar-refractivity contribution is -0.385. The van der Waals surface area contributed by atoms with Gasteiger partial charge >= 0.3 is 0 Å². The molecule has 0 unspecified atom stereocenters. The molecule has 8 heteroatoms. The van der Waals surface area contributed by atoms with E-state index in [0.29, 0.717) is 18.7 Å². The van der Waals surface area contributed by atoms with Crippen molar-refractivity contribution in [2.75, 3.05) is 18.1 Å². The summed E-state index contributed by atoms with van der Waals surface area (Å²) in [5.41, 5.74) is 3.64. The van der Waals surface area contributed by atoms with E-state index in [1.165, 1.54) is 17.7 Å². The SMILES string of the molecule is CCc1cccc2c(CCNc3ccc([N+](=O)[O-])cc3S(C)(=O)=O)c[nH]c12. The first-order valence-electron chi connectivity index (χ1n) is 8.61. The van der Waals surface area contributed by atoms with Crippen molar-refractivity contribution in [3.05, 3.63) is 63.8 Å². The van der Waals surface area contributed by atoms with Crippen LogP contribution in [0.4, 0.5) is 11.4 Å². The molecule has 0 saturated carbocycles. The number of fused-ring (bicyclic) bond motifs is 1. The van der Waals surface area contributed by atoms with Gasteiger partial charge in [0.2, 0.25) is 0 Å². The molecule has 0 bridgehead atoms. The first-order chi connectivity index (χ1) is 12.8. The third kappa shape index (κ3) is 3.95. The van der Waals surface area contributed by atoms with E-state index in [1.807, 2.05) is 12.3 Å². The van der Waals surface area contributed by atoms with Crippen molar-refractivity contribution in [2.45, 2.75) is 24.7 Å². The van der Waals surface area contributed by atoms with E-state index < -0.39 is 14.8 Å². The molecule has 3 aromatic rings. The third-order valence-corrected chi connectivity index (χ3v) is 5.69. The molecule has 0 saturated heterocycles. The normalized spacial score (nSPS) is 11.6. The van der Waals surface area contributed by atoms with Crippen molar-refractivity contribution in [3.8, 4) is 0 Å². The molecule has 1 heterocycles. The van der Waals surface area contributed by atoms with Gasteiger partial charge in [-0.25, -0.2) is 8.42 Å². The Morgan fingerprint density at radius 1 is 1.19 bits per heavy atom. The number of anilines is 1. The Hall–Kier alpha value is -2.87. The second kappa shape index (κ2) is 7.40. The zero-order chi connectivity index (χ0) is 19.6. The van der Waals surface area contributed by atoms with Gasteiger partial charge in [-0.15, -0.1) is 0 Å². The van der Waals surface area contributed by atoms with Crippen LogP contribution in [0.1, 0.15) is 18.1 Å². The highest BCUT2D eigenvalue weighted by Crippen LogP contribution is 2.27. The lowest BCUT2D eigenvalue weighted by Crippen LogP contribution is -2.09. The fourth-order valence-corrected chi connectivity index (χ4v) is 4.06. The highest BCUT2D eigenvalue weighted by atomic mass is 32.2. The predicted octanol–water partition coefficient (Wildman–Crippen LogP) is 3.70. The average molecular weight is 387 g/mol. The first kappa shape index (κ1) is 18.9. The number of sulfone groups is 1. The van der Waals surface area contributed by atoms with Gasteiger partial charge in [-0.2, -0.15) is 0 Å². The molecule has 1 aromatic heterocycles. The Morgan fingerprint density at radius 2 is 1.96 bits per heavy atom. The second-order valence-electron chi connectivity index (χ2n) is 6.39. The molecule has 0 spiro atoms. The van der Waals surface area contributed by atoms with Crippen LogP contribution in [0.25, 0.3) is 10.9 Å². The van der Waals surface area contributed by atoms with Gasteiger partial charge in [-0.3, -0.25) is 10.1 Å². The molecular formula is C19H21N3O4S. The van der Waals surface area contributed by atoms with Crippen molar-refractivity contribution in [3.63, 3.8) is 0 Å². The van der Waals surface area contributed by atoms with Crippen molar-refractivity contribution < 1.29 is 13.3 Å². The number of hydrogen-bond donors (Lipinski definition) is 2. The molecule has 0 amide bonds. The van der Waals surface area contributed by atoms with E-state index in [0.717, 1.165) is 35.2 Å². The Kier molecular flexibility index (Phi) is 5.18. The number of nitrogens with zero attached hydrogens (tertiary/aromatic N) is 1. The van der Waals surface area contributed by atoms with Crippen molar-refractivity contribution in [1.82, 2.24) is 4.98 Å². The summed E-state index contributed by atoms with van der Waals surface area (Å²) >= 11 is 0. The number of benzene rings is 2. The number of rotatable bonds is 7. The van der Waals surface area contributed by atoms with Crippen LogP contribution < -0.4 is 5.32 Å². The zero-order valence-corrected chi connectivity index (χ0v) is 16.0. The summed E-state index contributed by atoms with van der Waals surface area (Å²) in [4.78, 5) is 13.6. The van der Waals surface area contributed by atoms with E-state index in [-0.39, 0.29) is 10.6 Å². The quantitative estimate of drug-likeness (QED) is 0.475. The molecule has 0 aliphatic heterocycles. The summed E-state index contributed by atoms with van der Waals surface area (Å²) in [6.45, 7) is 2.61. The highest BCUT2D eigenvalue weighted by molar-refractivity contribution is 7.90. The lowest BCUT2D eigenvalue weighted by Gasteiger charge is -2.11. The summed E-state index contributed by atoms with van der Waals surface area (Å²) in [5, 5.41) is 15.2. The summed E-state index contributed by atoms with van der Waals surface area (Å²) in [6.07, 6.45) is 4.64. The molecule has 0 fully saturated rings. The Balaban J connectivity index is 1.81. The molecule has 0 aliphatic carbocycles. The summed E-state index contributed by atoms with van der Waals surface area (Å²) in [5.74, 6) is 0. The molecule has 0 aliphatic rings. The van der Waals surface area contributed by atoms with Crippen molar-refractivity contribution >= 4 is 32.1 Å². The molecule has 0 atom stereocenters.